The van der Waals surface area contributed by atoms with E-state index in [1.165, 1.54) is 24.5 Å². The number of rotatable bonds is 6. The molecule has 0 aliphatic heterocycles. The Morgan fingerprint density at radius 1 is 1.00 bits per heavy atom. The summed E-state index contributed by atoms with van der Waals surface area (Å²) >= 11 is 0. The molecule has 0 saturated heterocycles. The zero-order valence-electron chi connectivity index (χ0n) is 14.3. The summed E-state index contributed by atoms with van der Waals surface area (Å²) in [6.07, 6.45) is 1.33. The first-order chi connectivity index (χ1) is 12.5. The standard InChI is InChI=1S/C20H19NO4S/c1-15(16-8-4-2-5-9-16)21-20(22)19-17(12-13-25-19)14-26(23,24)18-10-6-3-7-11-18/h2-13,15H,14H2,1H3,(H,21,22). The van der Waals surface area contributed by atoms with E-state index in [0.29, 0.717) is 5.56 Å². The molecule has 1 amide bonds. The summed E-state index contributed by atoms with van der Waals surface area (Å²) in [4.78, 5) is 12.7. The van der Waals surface area contributed by atoms with E-state index in [1.54, 1.807) is 18.2 Å². The van der Waals surface area contributed by atoms with Gasteiger partial charge in [0, 0.05) is 5.56 Å². The maximum Gasteiger partial charge on any atom is 0.287 e. The molecule has 3 aromatic rings. The molecule has 134 valence electrons. The van der Waals surface area contributed by atoms with Crippen molar-refractivity contribution >= 4 is 15.7 Å². The number of amides is 1. The Labute approximate surface area is 152 Å². The van der Waals surface area contributed by atoms with Gasteiger partial charge in [0.1, 0.15) is 0 Å². The minimum Gasteiger partial charge on any atom is -0.459 e. The second-order valence-corrected chi connectivity index (χ2v) is 7.94. The molecular formula is C20H19NO4S. The molecule has 0 saturated carbocycles. The van der Waals surface area contributed by atoms with E-state index >= 15 is 0 Å². The maximum absolute atomic E-state index is 12.5. The van der Waals surface area contributed by atoms with E-state index in [4.69, 9.17) is 4.42 Å². The molecule has 26 heavy (non-hydrogen) atoms. The summed E-state index contributed by atoms with van der Waals surface area (Å²) in [5, 5.41) is 2.84. The minimum absolute atomic E-state index is 0.0206. The Hall–Kier alpha value is -2.86. The van der Waals surface area contributed by atoms with Crippen molar-refractivity contribution in [3.63, 3.8) is 0 Å². The molecule has 0 spiro atoms. The Morgan fingerprint density at radius 3 is 2.27 bits per heavy atom. The van der Waals surface area contributed by atoms with Crippen LogP contribution in [-0.4, -0.2) is 14.3 Å². The summed E-state index contributed by atoms with van der Waals surface area (Å²) in [6.45, 7) is 1.86. The highest BCUT2D eigenvalue weighted by Gasteiger charge is 2.23. The zero-order valence-corrected chi connectivity index (χ0v) is 15.1. The maximum atomic E-state index is 12.5. The van der Waals surface area contributed by atoms with E-state index in [0.717, 1.165) is 5.56 Å². The van der Waals surface area contributed by atoms with Gasteiger partial charge in [-0.15, -0.1) is 0 Å². The molecule has 5 nitrogen and oxygen atoms in total. The molecule has 0 radical (unpaired) electrons. The quantitative estimate of drug-likeness (QED) is 0.718. The molecule has 6 heteroatoms. The van der Waals surface area contributed by atoms with Gasteiger partial charge in [0.05, 0.1) is 23.0 Å². The number of benzene rings is 2. The van der Waals surface area contributed by atoms with E-state index in [2.05, 4.69) is 5.32 Å². The normalized spacial score (nSPS) is 12.5. The number of hydrogen-bond acceptors (Lipinski definition) is 4. The molecule has 0 aliphatic carbocycles. The second-order valence-electron chi connectivity index (χ2n) is 5.95. The van der Waals surface area contributed by atoms with E-state index in [1.807, 2.05) is 37.3 Å². The molecule has 1 aromatic heterocycles. The van der Waals surface area contributed by atoms with Crippen LogP contribution < -0.4 is 5.32 Å². The van der Waals surface area contributed by atoms with Gasteiger partial charge in [0.2, 0.25) is 0 Å². The molecule has 2 aromatic carbocycles. The largest absolute Gasteiger partial charge is 0.459 e. The van der Waals surface area contributed by atoms with Crippen LogP contribution in [0.5, 0.6) is 0 Å². The number of carbonyl (C=O) groups is 1. The van der Waals surface area contributed by atoms with Crippen LogP contribution in [0.15, 0.2) is 82.3 Å². The third-order valence-electron chi connectivity index (χ3n) is 4.05. The molecule has 1 heterocycles. The average Bonchev–Trinajstić information content (AvgIpc) is 3.10. The van der Waals surface area contributed by atoms with Crippen molar-refractivity contribution in [1.82, 2.24) is 5.32 Å². The van der Waals surface area contributed by atoms with Crippen LogP contribution in [0.4, 0.5) is 0 Å². The van der Waals surface area contributed by atoms with Gasteiger partial charge in [0.15, 0.2) is 15.6 Å². The Balaban J connectivity index is 1.77. The van der Waals surface area contributed by atoms with Gasteiger partial charge in [-0.1, -0.05) is 48.5 Å². The monoisotopic (exact) mass is 369 g/mol. The molecule has 0 bridgehead atoms. The first kappa shape index (κ1) is 17.9. The third kappa shape index (κ3) is 4.03. The van der Waals surface area contributed by atoms with E-state index < -0.39 is 15.7 Å². The molecule has 1 N–H and O–H groups in total. The fourth-order valence-corrected chi connectivity index (χ4v) is 4.03. The lowest BCUT2D eigenvalue weighted by molar-refractivity contribution is 0.0911. The fourth-order valence-electron chi connectivity index (χ4n) is 2.65. The molecule has 0 aliphatic rings. The number of hydrogen-bond donors (Lipinski definition) is 1. The molecule has 0 fully saturated rings. The topological polar surface area (TPSA) is 76.4 Å². The lowest BCUT2D eigenvalue weighted by Crippen LogP contribution is -2.27. The molecule has 1 unspecified atom stereocenters. The Morgan fingerprint density at radius 2 is 1.62 bits per heavy atom. The van der Waals surface area contributed by atoms with Gasteiger partial charge in [0.25, 0.3) is 5.91 Å². The average molecular weight is 369 g/mol. The number of nitrogens with one attached hydrogen (secondary N) is 1. The van der Waals surface area contributed by atoms with Crippen LogP contribution in [0.2, 0.25) is 0 Å². The highest BCUT2D eigenvalue weighted by molar-refractivity contribution is 7.90. The van der Waals surface area contributed by atoms with E-state index in [9.17, 15) is 13.2 Å². The number of sulfone groups is 1. The molecular weight excluding hydrogens is 350 g/mol. The summed E-state index contributed by atoms with van der Waals surface area (Å²) in [6, 6.07) is 18.9. The fraction of sp³-hybridized carbons (Fsp3) is 0.150. The van der Waals surface area contributed by atoms with Crippen molar-refractivity contribution in [3.8, 4) is 0 Å². The van der Waals surface area contributed by atoms with Crippen molar-refractivity contribution < 1.29 is 17.6 Å². The second kappa shape index (κ2) is 7.58. The van der Waals surface area contributed by atoms with Gasteiger partial charge in [-0.05, 0) is 30.7 Å². The third-order valence-corrected chi connectivity index (χ3v) is 5.73. The van der Waals surface area contributed by atoms with Crippen LogP contribution >= 0.6 is 0 Å². The first-order valence-corrected chi connectivity index (χ1v) is 9.82. The van der Waals surface area contributed by atoms with Gasteiger partial charge < -0.3 is 9.73 Å². The number of furan rings is 1. The Kier molecular flexibility index (Phi) is 5.23. The van der Waals surface area contributed by atoms with Crippen LogP contribution in [0.1, 0.15) is 34.6 Å². The lowest BCUT2D eigenvalue weighted by atomic mass is 10.1. The summed E-state index contributed by atoms with van der Waals surface area (Å²) in [5.41, 5.74) is 1.29. The molecule has 3 rings (SSSR count). The van der Waals surface area contributed by atoms with Crippen molar-refractivity contribution in [2.24, 2.45) is 0 Å². The van der Waals surface area contributed by atoms with Gasteiger partial charge >= 0.3 is 0 Å². The van der Waals surface area contributed by atoms with E-state index in [-0.39, 0.29) is 22.5 Å². The first-order valence-electron chi connectivity index (χ1n) is 8.17. The summed E-state index contributed by atoms with van der Waals surface area (Å²) < 4.78 is 30.4. The van der Waals surface area contributed by atoms with Gasteiger partial charge in [-0.3, -0.25) is 4.79 Å². The SMILES string of the molecule is CC(NC(=O)c1occc1CS(=O)(=O)c1ccccc1)c1ccccc1. The highest BCUT2D eigenvalue weighted by Crippen LogP contribution is 2.21. The predicted molar refractivity (Wildman–Crippen MR) is 98.4 cm³/mol. The number of carbonyl (C=O) groups excluding carboxylic acids is 1. The van der Waals surface area contributed by atoms with Crippen molar-refractivity contribution in [2.75, 3.05) is 0 Å². The lowest BCUT2D eigenvalue weighted by Gasteiger charge is -2.14. The van der Waals surface area contributed by atoms with Gasteiger partial charge in [-0.25, -0.2) is 8.42 Å². The van der Waals surface area contributed by atoms with Crippen LogP contribution in [0.25, 0.3) is 0 Å². The smallest absolute Gasteiger partial charge is 0.287 e. The van der Waals surface area contributed by atoms with Crippen molar-refractivity contribution in [1.29, 1.82) is 0 Å². The summed E-state index contributed by atoms with van der Waals surface area (Å²) in [7, 11) is -3.56. The van der Waals surface area contributed by atoms with Crippen molar-refractivity contribution in [3.05, 3.63) is 89.9 Å². The van der Waals surface area contributed by atoms with Crippen LogP contribution in [0.3, 0.4) is 0 Å². The molecule has 1 atom stereocenters. The van der Waals surface area contributed by atoms with Gasteiger partial charge in [-0.2, -0.15) is 0 Å². The Bertz CT molecular complexity index is 979. The highest BCUT2D eigenvalue weighted by atomic mass is 32.2. The van der Waals surface area contributed by atoms with Crippen molar-refractivity contribution in [2.45, 2.75) is 23.6 Å². The predicted octanol–water partition coefficient (Wildman–Crippen LogP) is 3.74. The van der Waals surface area contributed by atoms with Crippen LogP contribution in [0, 0.1) is 0 Å². The minimum atomic E-state index is -3.56. The zero-order chi connectivity index (χ0) is 18.6. The summed E-state index contributed by atoms with van der Waals surface area (Å²) in [5.74, 6) is -0.715. The van der Waals surface area contributed by atoms with Crippen LogP contribution in [-0.2, 0) is 15.6 Å².